The molecule has 92 valence electrons. The zero-order valence-electron chi connectivity index (χ0n) is 10.3. The molecule has 0 aromatic heterocycles. The van der Waals surface area contributed by atoms with Gasteiger partial charge in [-0.3, -0.25) is 0 Å². The normalized spacial score (nSPS) is 12.8. The number of hydrogen-bond donors (Lipinski definition) is 2. The van der Waals surface area contributed by atoms with E-state index in [-0.39, 0.29) is 16.9 Å². The van der Waals surface area contributed by atoms with E-state index < -0.39 is 0 Å². The average Bonchev–Trinajstić information content (AvgIpc) is 3.10. The Morgan fingerprint density at radius 2 is 1.56 bits per heavy atom. The number of phenols is 2. The Morgan fingerprint density at radius 3 is 2.22 bits per heavy atom. The van der Waals surface area contributed by atoms with Crippen LogP contribution in [0.15, 0.2) is 36.4 Å². The van der Waals surface area contributed by atoms with Gasteiger partial charge in [0.25, 0.3) is 0 Å². The summed E-state index contributed by atoms with van der Waals surface area (Å²) in [6.07, 6.45) is 0. The topological polar surface area (TPSA) is 53.0 Å². The summed E-state index contributed by atoms with van der Waals surface area (Å²) in [5.74, 6) is 1.80. The fourth-order valence-electron chi connectivity index (χ4n) is 2.26. The first-order valence-electron chi connectivity index (χ1n) is 5.84. The van der Waals surface area contributed by atoms with Gasteiger partial charge >= 0.3 is 0 Å². The molecule has 1 aliphatic heterocycles. The van der Waals surface area contributed by atoms with Crippen molar-refractivity contribution in [1.29, 1.82) is 0 Å². The maximum absolute atomic E-state index is 9.51. The van der Waals surface area contributed by atoms with Crippen LogP contribution in [-0.4, -0.2) is 10.2 Å². The molecule has 0 bridgehead atoms. The van der Waals surface area contributed by atoms with E-state index in [2.05, 4.69) is 13.8 Å². The van der Waals surface area contributed by atoms with Gasteiger partial charge in [-0.1, -0.05) is 32.0 Å². The molecule has 1 aliphatic rings. The Morgan fingerprint density at radius 1 is 0.889 bits per heavy atom. The van der Waals surface area contributed by atoms with Crippen LogP contribution in [0, 0.1) is 0 Å². The van der Waals surface area contributed by atoms with Crippen molar-refractivity contribution in [2.24, 2.45) is 0 Å². The van der Waals surface area contributed by atoms with E-state index in [1.807, 2.05) is 18.2 Å². The highest BCUT2D eigenvalue weighted by Crippen LogP contribution is 2.57. The number of aromatic hydroxyl groups is 2. The minimum atomic E-state index is -0.234. The lowest BCUT2D eigenvalue weighted by Crippen LogP contribution is -2.17. The summed E-state index contributed by atoms with van der Waals surface area (Å²) in [7, 11) is 0. The van der Waals surface area contributed by atoms with Gasteiger partial charge in [-0.25, -0.2) is 0 Å². The van der Waals surface area contributed by atoms with E-state index >= 15 is 0 Å². The molecule has 2 N–H and O–H groups in total. The Hall–Kier alpha value is -2.16. The van der Waals surface area contributed by atoms with Crippen LogP contribution in [0.5, 0.6) is 23.0 Å². The largest absolute Gasteiger partial charge is 0.508 e. The molecule has 0 unspecified atom stereocenters. The molecule has 0 aliphatic carbocycles. The van der Waals surface area contributed by atoms with Gasteiger partial charge in [-0.15, -0.1) is 0 Å². The third-order valence-corrected chi connectivity index (χ3v) is 3.52. The highest BCUT2D eigenvalue weighted by molar-refractivity contribution is 5.69. The summed E-state index contributed by atoms with van der Waals surface area (Å²) in [5, 5.41) is 18.8. The van der Waals surface area contributed by atoms with E-state index in [4.69, 9.17) is 4.74 Å². The van der Waals surface area contributed by atoms with E-state index in [1.54, 1.807) is 18.2 Å². The maximum Gasteiger partial charge on any atom is 0.211 e. The van der Waals surface area contributed by atoms with Crippen molar-refractivity contribution < 1.29 is 14.9 Å². The van der Waals surface area contributed by atoms with Crippen LogP contribution in [0.2, 0.25) is 0 Å². The summed E-state index contributed by atoms with van der Waals surface area (Å²) >= 11 is 0. The van der Waals surface area contributed by atoms with Crippen molar-refractivity contribution >= 4 is 0 Å². The maximum atomic E-state index is 9.51. The average molecular weight is 242 g/mol. The van der Waals surface area contributed by atoms with Crippen molar-refractivity contribution in [2.45, 2.75) is 19.3 Å². The minimum Gasteiger partial charge on any atom is -0.508 e. The van der Waals surface area contributed by atoms with Gasteiger partial charge in [-0.05, 0) is 23.8 Å². The van der Waals surface area contributed by atoms with Crippen LogP contribution in [-0.2, 0) is 5.41 Å². The van der Waals surface area contributed by atoms with Crippen LogP contribution in [0.3, 0.4) is 0 Å². The van der Waals surface area contributed by atoms with Gasteiger partial charge in [0, 0.05) is 11.0 Å². The highest BCUT2D eigenvalue weighted by atomic mass is 16.6. The van der Waals surface area contributed by atoms with Crippen LogP contribution < -0.4 is 4.74 Å². The number of hydrogen-bond acceptors (Lipinski definition) is 3. The van der Waals surface area contributed by atoms with Gasteiger partial charge in [-0.2, -0.15) is 0 Å². The third kappa shape index (κ3) is 1.51. The van der Waals surface area contributed by atoms with Crippen LogP contribution in [0.4, 0.5) is 0 Å². The number of phenolic OH excluding ortho intramolecular Hbond substituents is 2. The molecule has 0 radical (unpaired) electrons. The summed E-state index contributed by atoms with van der Waals surface area (Å²) < 4.78 is 5.33. The predicted octanol–water partition coefficient (Wildman–Crippen LogP) is 3.53. The Kier molecular flexibility index (Phi) is 2.08. The first-order chi connectivity index (χ1) is 8.50. The molecule has 18 heavy (non-hydrogen) atoms. The van der Waals surface area contributed by atoms with E-state index in [0.29, 0.717) is 5.75 Å². The van der Waals surface area contributed by atoms with E-state index in [0.717, 1.165) is 16.9 Å². The highest BCUT2D eigenvalue weighted by Gasteiger charge is 2.36. The standard InChI is InChI=1S/C15H14O3/c1-15(2,9-3-5-10(16)6-4-9)11-7-8-12(17)14-13(11)18-14/h3-8,16-17H,1-2H3. The fourth-order valence-corrected chi connectivity index (χ4v) is 2.26. The number of benzene rings is 2. The fraction of sp³-hybridized carbons (Fsp3) is 0.200. The summed E-state index contributed by atoms with van der Waals surface area (Å²) in [6, 6.07) is 10.7. The molecule has 0 spiro atoms. The second-order valence-corrected chi connectivity index (χ2v) is 5.06. The zero-order chi connectivity index (χ0) is 12.9. The molecule has 0 amide bonds. The third-order valence-electron chi connectivity index (χ3n) is 3.52. The van der Waals surface area contributed by atoms with Crippen LogP contribution in [0.1, 0.15) is 25.0 Å². The molecule has 0 atom stereocenters. The SMILES string of the molecule is CC(C)(c1ccc(O)cc1)c1ccc(O)c2c1O2. The van der Waals surface area contributed by atoms with Crippen molar-refractivity contribution in [2.75, 3.05) is 0 Å². The lowest BCUT2D eigenvalue weighted by molar-refractivity contribution is 0.463. The molecular weight excluding hydrogens is 228 g/mol. The Bertz CT molecular complexity index is 612. The number of fused-ring (bicyclic) bond motifs is 1. The van der Waals surface area contributed by atoms with Gasteiger partial charge in [0.1, 0.15) is 5.75 Å². The molecule has 1 heterocycles. The molecule has 0 saturated carbocycles. The van der Waals surface area contributed by atoms with Crippen LogP contribution in [0.25, 0.3) is 0 Å². The van der Waals surface area contributed by atoms with Crippen molar-refractivity contribution in [1.82, 2.24) is 0 Å². The second-order valence-electron chi connectivity index (χ2n) is 5.06. The molecule has 2 aromatic carbocycles. The Labute approximate surface area is 105 Å². The lowest BCUT2D eigenvalue weighted by atomic mass is 9.78. The minimum absolute atomic E-state index is 0.190. The molecule has 2 aromatic rings. The Balaban J connectivity index is 2.07. The molecular formula is C15H14O3. The smallest absolute Gasteiger partial charge is 0.211 e. The van der Waals surface area contributed by atoms with Crippen molar-refractivity contribution in [3.63, 3.8) is 0 Å². The lowest BCUT2D eigenvalue weighted by Gasteiger charge is -2.25. The van der Waals surface area contributed by atoms with Gasteiger partial charge in [0.15, 0.2) is 11.5 Å². The van der Waals surface area contributed by atoms with Crippen LogP contribution >= 0.6 is 0 Å². The first-order valence-corrected chi connectivity index (χ1v) is 5.84. The van der Waals surface area contributed by atoms with Gasteiger partial charge < -0.3 is 14.9 Å². The van der Waals surface area contributed by atoms with E-state index in [1.165, 1.54) is 0 Å². The molecule has 3 rings (SSSR count). The van der Waals surface area contributed by atoms with E-state index in [9.17, 15) is 10.2 Å². The summed E-state index contributed by atoms with van der Waals surface area (Å²) in [5.41, 5.74) is 1.90. The monoisotopic (exact) mass is 242 g/mol. The quantitative estimate of drug-likeness (QED) is 0.676. The molecule has 0 fully saturated rings. The van der Waals surface area contributed by atoms with Crippen molar-refractivity contribution in [3.05, 3.63) is 47.5 Å². The molecule has 0 saturated heterocycles. The predicted molar refractivity (Wildman–Crippen MR) is 68.4 cm³/mol. The van der Waals surface area contributed by atoms with Gasteiger partial charge in [0.05, 0.1) is 0 Å². The van der Waals surface area contributed by atoms with Gasteiger partial charge in [0.2, 0.25) is 5.75 Å². The summed E-state index contributed by atoms with van der Waals surface area (Å²) in [4.78, 5) is 0. The van der Waals surface area contributed by atoms with Crippen molar-refractivity contribution in [3.8, 4) is 23.0 Å². The number of rotatable bonds is 2. The summed E-state index contributed by atoms with van der Waals surface area (Å²) in [6.45, 7) is 4.18. The second kappa shape index (κ2) is 3.42. The zero-order valence-corrected chi connectivity index (χ0v) is 10.3. The first kappa shape index (κ1) is 11.0. The molecule has 3 nitrogen and oxygen atoms in total. The number of ether oxygens (including phenoxy) is 1. The molecule has 3 heteroatoms.